The predicted molar refractivity (Wildman–Crippen MR) is 267 cm³/mol. The van der Waals surface area contributed by atoms with Gasteiger partial charge >= 0.3 is 0 Å². The maximum Gasteiger partial charge on any atom is 0.156 e. The van der Waals surface area contributed by atoms with E-state index in [-0.39, 0.29) is 0 Å². The second-order valence-electron chi connectivity index (χ2n) is 17.4. The van der Waals surface area contributed by atoms with E-state index in [9.17, 15) is 15.3 Å². The molecule has 1 saturated heterocycles. The van der Waals surface area contributed by atoms with Crippen LogP contribution in [0.15, 0.2) is 36.4 Å². The molecule has 0 saturated carbocycles. The van der Waals surface area contributed by atoms with Gasteiger partial charge in [0.15, 0.2) is 11.6 Å². The Morgan fingerprint density at radius 1 is 0.691 bits per heavy atom. The summed E-state index contributed by atoms with van der Waals surface area (Å²) in [5.74, 6) is 3.98. The van der Waals surface area contributed by atoms with E-state index < -0.39 is 24.9 Å². The molecule has 1 aliphatic rings. The lowest BCUT2D eigenvalue weighted by molar-refractivity contribution is -0.0648. The Morgan fingerprint density at radius 2 is 1.22 bits per heavy atom. The van der Waals surface area contributed by atoms with E-state index >= 15 is 0 Å². The third-order valence-electron chi connectivity index (χ3n) is 12.5. The standard InChI is InChI=1S/C48H67Cl2N13O5/c1-7-11-34-42-45(60(3)58-34)47(52-25-30-14-16-38(67-5)32(49)23-30)56-40(54-42)27-51-18-10-9-13-36(65)44(37(66)29-64)63-21-19-62(20-22-63)28-41-55-43-35(12-8-2)59-61(4)46(43)48(57-41)53-26-31-15-17-39(68-6)33(50)24-31/h14-17,23-24,36-37,44,51,64-66H,7-13,18-22,25-29H2,1-6H3,(H,52,54,56)(H,53,55,57). The van der Waals surface area contributed by atoms with Crippen molar-refractivity contribution in [3.63, 3.8) is 0 Å². The molecular weight excluding hydrogens is 910 g/mol. The summed E-state index contributed by atoms with van der Waals surface area (Å²) in [5.41, 5.74) is 7.22. The summed E-state index contributed by atoms with van der Waals surface area (Å²) < 4.78 is 14.3. The summed E-state index contributed by atoms with van der Waals surface area (Å²) in [5, 5.41) is 53.8. The largest absolute Gasteiger partial charge is 0.495 e. The van der Waals surface area contributed by atoms with E-state index in [0.29, 0.717) is 110 Å². The molecule has 6 N–H and O–H groups in total. The van der Waals surface area contributed by atoms with Gasteiger partial charge in [-0.1, -0.05) is 62.0 Å². The molecule has 20 heteroatoms. The van der Waals surface area contributed by atoms with Gasteiger partial charge in [0.1, 0.15) is 45.2 Å². The van der Waals surface area contributed by atoms with E-state index in [1.807, 2.05) is 59.9 Å². The number of hydrogen-bond acceptors (Lipinski definition) is 16. The maximum absolute atomic E-state index is 11.5. The molecule has 4 aromatic heterocycles. The molecule has 0 bridgehead atoms. The number of hydrogen-bond donors (Lipinski definition) is 6. The first kappa shape index (κ1) is 50.9. The SMILES string of the molecule is CCCc1nn(C)c2c(NCc3ccc(OC)c(Cl)c3)nc(CNCCCCC(O)C(C(O)CO)N3CCN(Cc4nc(NCc5ccc(OC)c(Cl)c5)c5c(n4)c(CCC)nn5C)CC3)nc12. The summed E-state index contributed by atoms with van der Waals surface area (Å²) in [6.45, 7) is 9.04. The van der Waals surface area contributed by atoms with Crippen LogP contribution in [0, 0.1) is 0 Å². The summed E-state index contributed by atoms with van der Waals surface area (Å²) >= 11 is 12.8. The fourth-order valence-corrected chi connectivity index (χ4v) is 9.60. The minimum atomic E-state index is -1.08. The summed E-state index contributed by atoms with van der Waals surface area (Å²) in [6.07, 6.45) is 3.56. The summed E-state index contributed by atoms with van der Waals surface area (Å²) in [7, 11) is 7.03. The average molecular weight is 977 g/mol. The van der Waals surface area contributed by atoms with Crippen molar-refractivity contribution in [2.24, 2.45) is 14.1 Å². The fraction of sp³-hybridized carbons (Fsp3) is 0.542. The Morgan fingerprint density at radius 3 is 1.72 bits per heavy atom. The molecule has 5 heterocycles. The highest BCUT2D eigenvalue weighted by atomic mass is 35.5. The normalized spacial score (nSPS) is 15.0. The topological polar surface area (TPSA) is 209 Å². The molecule has 0 spiro atoms. The number of aliphatic hydroxyl groups excluding tert-OH is 3. The van der Waals surface area contributed by atoms with Gasteiger partial charge in [-0.3, -0.25) is 19.2 Å². The zero-order valence-electron chi connectivity index (χ0n) is 40.1. The zero-order chi connectivity index (χ0) is 48.3. The molecule has 18 nitrogen and oxygen atoms in total. The Kier molecular flexibility index (Phi) is 18.0. The van der Waals surface area contributed by atoms with E-state index in [4.69, 9.17) is 62.8 Å². The predicted octanol–water partition coefficient (Wildman–Crippen LogP) is 5.65. The number of aliphatic hydroxyl groups is 3. The van der Waals surface area contributed by atoms with Crippen molar-refractivity contribution in [2.45, 2.75) is 103 Å². The lowest BCUT2D eigenvalue weighted by Crippen LogP contribution is -2.58. The van der Waals surface area contributed by atoms with Crippen LogP contribution in [-0.2, 0) is 53.1 Å². The van der Waals surface area contributed by atoms with Crippen molar-refractivity contribution < 1.29 is 24.8 Å². The highest BCUT2D eigenvalue weighted by Crippen LogP contribution is 2.30. The van der Waals surface area contributed by atoms with E-state index in [1.54, 1.807) is 14.2 Å². The second-order valence-corrected chi connectivity index (χ2v) is 18.3. The number of methoxy groups -OCH3 is 2. The van der Waals surface area contributed by atoms with Crippen LogP contribution < -0.4 is 25.4 Å². The van der Waals surface area contributed by atoms with Crippen LogP contribution in [0.2, 0.25) is 10.0 Å². The smallest absolute Gasteiger partial charge is 0.156 e. The van der Waals surface area contributed by atoms with Gasteiger partial charge in [-0.05, 0) is 74.0 Å². The molecule has 1 aliphatic heterocycles. The number of piperazine rings is 1. The van der Waals surface area contributed by atoms with Crippen LogP contribution in [0.4, 0.5) is 11.6 Å². The highest BCUT2D eigenvalue weighted by molar-refractivity contribution is 6.32. The van der Waals surface area contributed by atoms with Crippen molar-refractivity contribution in [1.82, 2.24) is 54.6 Å². The fourth-order valence-electron chi connectivity index (χ4n) is 9.04. The molecule has 0 amide bonds. The van der Waals surface area contributed by atoms with Crippen molar-refractivity contribution in [3.8, 4) is 11.5 Å². The minimum absolute atomic E-state index is 0.438. The van der Waals surface area contributed by atoms with Gasteiger partial charge in [-0.25, -0.2) is 19.9 Å². The van der Waals surface area contributed by atoms with Gasteiger partial charge < -0.3 is 40.7 Å². The number of halogens is 2. The van der Waals surface area contributed by atoms with Crippen molar-refractivity contribution in [1.29, 1.82) is 0 Å². The number of fused-ring (bicyclic) bond motifs is 2. The van der Waals surface area contributed by atoms with Crippen molar-refractivity contribution >= 4 is 56.9 Å². The molecule has 6 aromatic rings. The minimum Gasteiger partial charge on any atom is -0.495 e. The highest BCUT2D eigenvalue weighted by Gasteiger charge is 2.34. The van der Waals surface area contributed by atoms with Crippen LogP contribution in [0.1, 0.15) is 80.1 Å². The number of nitrogens with one attached hydrogen (secondary N) is 3. The number of aryl methyl sites for hydroxylation is 4. The number of aromatic nitrogens is 8. The molecular formula is C48H67Cl2N13O5. The molecule has 0 radical (unpaired) electrons. The Hall–Kier alpha value is -4.92. The third-order valence-corrected chi connectivity index (χ3v) is 13.1. The number of ether oxygens (including phenoxy) is 2. The Bertz CT molecular complexity index is 2600. The summed E-state index contributed by atoms with van der Waals surface area (Å²) in [4.78, 5) is 24.3. The summed E-state index contributed by atoms with van der Waals surface area (Å²) in [6, 6.07) is 10.8. The number of rotatable bonds is 25. The van der Waals surface area contributed by atoms with Gasteiger partial charge in [-0.15, -0.1) is 0 Å². The van der Waals surface area contributed by atoms with Gasteiger partial charge in [0, 0.05) is 53.4 Å². The molecule has 7 rings (SSSR count). The number of nitrogens with zero attached hydrogens (tertiary/aromatic N) is 10. The molecule has 368 valence electrons. The number of anilines is 2. The quantitative estimate of drug-likeness (QED) is 0.0383. The second kappa shape index (κ2) is 24.1. The van der Waals surface area contributed by atoms with Gasteiger partial charge in [0.2, 0.25) is 0 Å². The lowest BCUT2D eigenvalue weighted by Gasteiger charge is -2.42. The van der Waals surface area contributed by atoms with Crippen LogP contribution in [0.5, 0.6) is 11.5 Å². The van der Waals surface area contributed by atoms with E-state index in [0.717, 1.165) is 83.1 Å². The molecule has 3 atom stereocenters. The first-order valence-corrected chi connectivity index (χ1v) is 24.4. The molecule has 3 unspecified atom stereocenters. The van der Waals surface area contributed by atoms with Crippen molar-refractivity contribution in [2.75, 3.05) is 64.2 Å². The van der Waals surface area contributed by atoms with Crippen LogP contribution >= 0.6 is 23.2 Å². The maximum atomic E-state index is 11.5. The first-order chi connectivity index (χ1) is 32.9. The van der Waals surface area contributed by atoms with Gasteiger partial charge in [0.25, 0.3) is 0 Å². The van der Waals surface area contributed by atoms with E-state index in [2.05, 4.69) is 39.6 Å². The van der Waals surface area contributed by atoms with Crippen LogP contribution in [-0.4, -0.2) is 136 Å². The monoisotopic (exact) mass is 975 g/mol. The van der Waals surface area contributed by atoms with Crippen molar-refractivity contribution in [3.05, 3.63) is 80.6 Å². The zero-order valence-corrected chi connectivity index (χ0v) is 41.6. The average Bonchev–Trinajstić information content (AvgIpc) is 3.82. The van der Waals surface area contributed by atoms with Crippen LogP contribution in [0.3, 0.4) is 0 Å². The Labute approximate surface area is 408 Å². The Balaban J connectivity index is 0.927. The van der Waals surface area contributed by atoms with Crippen LogP contribution in [0.25, 0.3) is 22.1 Å². The van der Waals surface area contributed by atoms with Gasteiger partial charge in [-0.2, -0.15) is 10.2 Å². The molecule has 68 heavy (non-hydrogen) atoms. The molecule has 2 aromatic carbocycles. The number of unbranched alkanes of at least 4 members (excludes halogenated alkanes) is 1. The third kappa shape index (κ3) is 12.3. The molecule has 0 aliphatic carbocycles. The lowest BCUT2D eigenvalue weighted by atomic mass is 9.97. The van der Waals surface area contributed by atoms with E-state index in [1.165, 1.54) is 0 Å². The molecule has 1 fully saturated rings. The number of benzene rings is 2. The first-order valence-electron chi connectivity index (χ1n) is 23.7. The van der Waals surface area contributed by atoms with Gasteiger partial charge in [0.05, 0.1) is 73.6 Å².